The first-order valence-corrected chi connectivity index (χ1v) is 8.22. The van der Waals surface area contributed by atoms with Crippen molar-refractivity contribution in [2.24, 2.45) is 0 Å². The third-order valence-corrected chi connectivity index (χ3v) is 4.05. The van der Waals surface area contributed by atoms with Crippen LogP contribution in [-0.2, 0) is 4.79 Å². The molecule has 8 heteroatoms. The van der Waals surface area contributed by atoms with Crippen molar-refractivity contribution in [1.82, 2.24) is 15.3 Å². The number of aryl methyl sites for hydroxylation is 1. The zero-order valence-electron chi connectivity index (χ0n) is 14.2. The van der Waals surface area contributed by atoms with Gasteiger partial charge in [-0.15, -0.1) is 0 Å². The Hall–Kier alpha value is -2.45. The highest BCUT2D eigenvalue weighted by Crippen LogP contribution is 2.13. The van der Waals surface area contributed by atoms with Crippen molar-refractivity contribution in [3.63, 3.8) is 0 Å². The number of amides is 1. The SMILES string of the molecule is Cc1cc(C(=O)O)cc(C(=O)O)c1.O=C1CCCN1N1CCNCC1. The number of carbonyl (C=O) groups is 3. The zero-order chi connectivity index (χ0) is 18.4. The highest BCUT2D eigenvalue weighted by Gasteiger charge is 2.26. The first-order valence-electron chi connectivity index (χ1n) is 8.22. The molecule has 0 unspecified atom stereocenters. The standard InChI is InChI=1S/C9H8O4.C8H15N3O/c1-5-2-6(8(10)11)4-7(3-5)9(12)13;12-8-2-1-5-11(8)10-6-3-9-4-7-10/h2-4H,1H3,(H,10,11)(H,12,13);9H,1-7H2. The molecule has 0 atom stereocenters. The molecule has 0 bridgehead atoms. The van der Waals surface area contributed by atoms with Crippen LogP contribution in [0, 0.1) is 6.92 Å². The van der Waals surface area contributed by atoms with Gasteiger partial charge in [0.25, 0.3) is 0 Å². The maximum atomic E-state index is 11.3. The molecule has 2 aliphatic rings. The van der Waals surface area contributed by atoms with Crippen LogP contribution in [0.5, 0.6) is 0 Å². The number of carboxylic acids is 2. The van der Waals surface area contributed by atoms with Crippen molar-refractivity contribution in [3.8, 4) is 0 Å². The summed E-state index contributed by atoms with van der Waals surface area (Å²) in [5.41, 5.74) is 0.618. The summed E-state index contributed by atoms with van der Waals surface area (Å²) in [5, 5.41) is 24.6. The van der Waals surface area contributed by atoms with Crippen LogP contribution in [-0.4, -0.2) is 70.8 Å². The van der Waals surface area contributed by atoms with Gasteiger partial charge >= 0.3 is 11.9 Å². The van der Waals surface area contributed by atoms with E-state index in [-0.39, 0.29) is 11.1 Å². The van der Waals surface area contributed by atoms with E-state index in [4.69, 9.17) is 10.2 Å². The largest absolute Gasteiger partial charge is 0.478 e. The van der Waals surface area contributed by atoms with Crippen LogP contribution in [0.3, 0.4) is 0 Å². The number of aromatic carboxylic acids is 2. The van der Waals surface area contributed by atoms with Gasteiger partial charge in [-0.2, -0.15) is 0 Å². The lowest BCUT2D eigenvalue weighted by molar-refractivity contribution is -0.144. The van der Waals surface area contributed by atoms with Crippen molar-refractivity contribution in [2.45, 2.75) is 19.8 Å². The molecule has 2 saturated heterocycles. The zero-order valence-corrected chi connectivity index (χ0v) is 14.2. The third-order valence-electron chi connectivity index (χ3n) is 4.05. The molecule has 3 rings (SSSR count). The Morgan fingerprint density at radius 2 is 1.56 bits per heavy atom. The minimum Gasteiger partial charge on any atom is -0.478 e. The lowest BCUT2D eigenvalue weighted by Crippen LogP contribution is -2.52. The minimum absolute atomic E-state index is 0.00241. The molecule has 2 aliphatic heterocycles. The van der Waals surface area contributed by atoms with E-state index in [1.54, 1.807) is 6.92 Å². The molecule has 0 spiro atoms. The summed E-state index contributed by atoms with van der Waals surface area (Å²) in [6.45, 7) is 6.54. The van der Waals surface area contributed by atoms with E-state index < -0.39 is 11.9 Å². The molecule has 1 aromatic carbocycles. The Kier molecular flexibility index (Phi) is 6.49. The topological polar surface area (TPSA) is 110 Å². The number of nitrogens with one attached hydrogen (secondary N) is 1. The number of rotatable bonds is 3. The molecule has 2 fully saturated rings. The maximum Gasteiger partial charge on any atom is 0.335 e. The molecule has 8 nitrogen and oxygen atoms in total. The van der Waals surface area contributed by atoms with Crippen molar-refractivity contribution >= 4 is 17.8 Å². The van der Waals surface area contributed by atoms with Gasteiger partial charge in [-0.1, -0.05) is 0 Å². The molecule has 3 N–H and O–H groups in total. The third kappa shape index (κ3) is 5.27. The van der Waals surface area contributed by atoms with E-state index in [2.05, 4.69) is 10.3 Å². The van der Waals surface area contributed by atoms with Gasteiger partial charge in [0.2, 0.25) is 5.91 Å². The van der Waals surface area contributed by atoms with E-state index in [1.165, 1.54) is 12.1 Å². The second-order valence-corrected chi connectivity index (χ2v) is 6.02. The summed E-state index contributed by atoms with van der Waals surface area (Å²) in [5.74, 6) is -1.94. The predicted octanol–water partition coefficient (Wildman–Crippen LogP) is 0.820. The molecule has 136 valence electrons. The van der Waals surface area contributed by atoms with Gasteiger partial charge in [0, 0.05) is 39.1 Å². The van der Waals surface area contributed by atoms with Gasteiger partial charge in [0.1, 0.15) is 0 Å². The normalized spacial score (nSPS) is 17.8. The lowest BCUT2D eigenvalue weighted by atomic mass is 10.1. The minimum atomic E-state index is -1.12. The summed E-state index contributed by atoms with van der Waals surface area (Å²) >= 11 is 0. The first-order chi connectivity index (χ1) is 11.9. The summed E-state index contributed by atoms with van der Waals surface area (Å²) in [6, 6.07) is 3.99. The fourth-order valence-corrected chi connectivity index (χ4v) is 2.86. The number of piperazine rings is 1. The van der Waals surface area contributed by atoms with Crippen LogP contribution in [0.2, 0.25) is 0 Å². The van der Waals surface area contributed by atoms with Gasteiger partial charge < -0.3 is 15.5 Å². The van der Waals surface area contributed by atoms with Crippen LogP contribution in [0.4, 0.5) is 0 Å². The average molecular weight is 349 g/mol. The highest BCUT2D eigenvalue weighted by atomic mass is 16.4. The second-order valence-electron chi connectivity index (χ2n) is 6.02. The molecule has 1 amide bonds. The number of hydrogen-bond donors (Lipinski definition) is 3. The summed E-state index contributed by atoms with van der Waals surface area (Å²) in [6.07, 6.45) is 1.77. The molecule has 2 heterocycles. The van der Waals surface area contributed by atoms with Crippen LogP contribution in [0.15, 0.2) is 18.2 Å². The molecule has 1 aromatic rings. The van der Waals surface area contributed by atoms with Gasteiger partial charge in [0.15, 0.2) is 0 Å². The monoisotopic (exact) mass is 349 g/mol. The smallest absolute Gasteiger partial charge is 0.335 e. The number of hydrogen-bond acceptors (Lipinski definition) is 5. The van der Waals surface area contributed by atoms with Crippen LogP contribution in [0.1, 0.15) is 39.1 Å². The van der Waals surface area contributed by atoms with Gasteiger partial charge in [0.05, 0.1) is 11.1 Å². The fourth-order valence-electron chi connectivity index (χ4n) is 2.86. The Balaban J connectivity index is 0.000000181. The van der Waals surface area contributed by atoms with Crippen LogP contribution in [0.25, 0.3) is 0 Å². The summed E-state index contributed by atoms with van der Waals surface area (Å²) < 4.78 is 0. The van der Waals surface area contributed by atoms with Crippen molar-refractivity contribution in [2.75, 3.05) is 32.7 Å². The van der Waals surface area contributed by atoms with E-state index >= 15 is 0 Å². The summed E-state index contributed by atoms with van der Waals surface area (Å²) in [7, 11) is 0. The fraction of sp³-hybridized carbons (Fsp3) is 0.471. The van der Waals surface area contributed by atoms with Gasteiger partial charge in [-0.3, -0.25) is 9.80 Å². The number of nitrogens with zero attached hydrogens (tertiary/aromatic N) is 2. The molecule has 25 heavy (non-hydrogen) atoms. The Morgan fingerprint density at radius 1 is 1.00 bits per heavy atom. The van der Waals surface area contributed by atoms with E-state index in [0.717, 1.165) is 51.6 Å². The number of benzene rings is 1. The van der Waals surface area contributed by atoms with E-state index in [9.17, 15) is 14.4 Å². The first kappa shape index (κ1) is 18.9. The highest BCUT2D eigenvalue weighted by molar-refractivity contribution is 5.94. The Bertz CT molecular complexity index is 623. The maximum absolute atomic E-state index is 11.3. The Morgan fingerprint density at radius 3 is 2.00 bits per heavy atom. The van der Waals surface area contributed by atoms with Gasteiger partial charge in [-0.25, -0.2) is 14.6 Å². The average Bonchev–Trinajstić information content (AvgIpc) is 3.01. The lowest BCUT2D eigenvalue weighted by Gasteiger charge is -2.34. The second kappa shape index (κ2) is 8.59. The molecule has 0 aliphatic carbocycles. The molecule has 0 radical (unpaired) electrons. The quantitative estimate of drug-likeness (QED) is 0.741. The van der Waals surface area contributed by atoms with Crippen molar-refractivity contribution in [3.05, 3.63) is 34.9 Å². The molecular formula is C17H23N3O5. The van der Waals surface area contributed by atoms with Crippen molar-refractivity contribution in [1.29, 1.82) is 0 Å². The Labute approximate surface area is 146 Å². The van der Waals surface area contributed by atoms with E-state index in [1.807, 2.05) is 5.01 Å². The number of carboxylic acid groups (broad SMARTS) is 2. The number of carbonyl (C=O) groups excluding carboxylic acids is 1. The predicted molar refractivity (Wildman–Crippen MR) is 90.5 cm³/mol. The van der Waals surface area contributed by atoms with Crippen LogP contribution >= 0.6 is 0 Å². The molecular weight excluding hydrogens is 326 g/mol. The van der Waals surface area contributed by atoms with Crippen molar-refractivity contribution < 1.29 is 24.6 Å². The van der Waals surface area contributed by atoms with Crippen LogP contribution < -0.4 is 5.32 Å². The van der Waals surface area contributed by atoms with E-state index in [0.29, 0.717) is 11.5 Å². The molecule has 0 aromatic heterocycles. The summed E-state index contributed by atoms with van der Waals surface area (Å²) in [4.78, 5) is 32.4. The molecule has 0 saturated carbocycles. The van der Waals surface area contributed by atoms with Gasteiger partial charge in [-0.05, 0) is 37.1 Å². The number of hydrazine groups is 1.